The molecule has 0 saturated carbocycles. The van der Waals surface area contributed by atoms with E-state index in [4.69, 9.17) is 9.15 Å². The summed E-state index contributed by atoms with van der Waals surface area (Å²) in [6, 6.07) is 7.90. The molecule has 2 aromatic rings. The molecule has 2 rings (SSSR count). The molecule has 0 aliphatic heterocycles. The summed E-state index contributed by atoms with van der Waals surface area (Å²) in [4.78, 5) is 4.44. The van der Waals surface area contributed by atoms with Gasteiger partial charge in [-0.15, -0.1) is 0 Å². The average Bonchev–Trinajstić information content (AvgIpc) is 3.15. The number of guanidine groups is 1. The number of hydrogen-bond donors (Lipinski definition) is 2. The Morgan fingerprint density at radius 2 is 2.08 bits per heavy atom. The minimum absolute atomic E-state index is 0.347. The maximum atomic E-state index is 13.6. The summed E-state index contributed by atoms with van der Waals surface area (Å²) in [5.41, 5.74) is 0.347. The fourth-order valence-electron chi connectivity index (χ4n) is 2.32. The van der Waals surface area contributed by atoms with E-state index < -0.39 is 11.6 Å². The minimum atomic E-state index is -0.822. The van der Waals surface area contributed by atoms with E-state index in [1.165, 1.54) is 6.07 Å². The van der Waals surface area contributed by atoms with Crippen LogP contribution in [0.1, 0.15) is 24.7 Å². The van der Waals surface area contributed by atoms with E-state index >= 15 is 0 Å². The lowest BCUT2D eigenvalue weighted by Gasteiger charge is -2.11. The van der Waals surface area contributed by atoms with Crippen molar-refractivity contribution in [3.63, 3.8) is 0 Å². The third kappa shape index (κ3) is 6.84. The fraction of sp³-hybridized carbons (Fsp3) is 0.421. The molecule has 0 saturated heterocycles. The van der Waals surface area contributed by atoms with Crippen LogP contribution < -0.4 is 10.6 Å². The van der Waals surface area contributed by atoms with E-state index in [-0.39, 0.29) is 0 Å². The van der Waals surface area contributed by atoms with E-state index in [1.54, 1.807) is 12.3 Å². The highest BCUT2D eigenvalue weighted by atomic mass is 19.2. The van der Waals surface area contributed by atoms with Crippen molar-refractivity contribution in [3.8, 4) is 0 Å². The molecule has 0 aliphatic carbocycles. The fourth-order valence-corrected chi connectivity index (χ4v) is 2.32. The zero-order chi connectivity index (χ0) is 18.6. The number of halogens is 2. The molecule has 0 spiro atoms. The number of hydrogen-bond acceptors (Lipinski definition) is 3. The van der Waals surface area contributed by atoms with E-state index in [1.807, 2.05) is 19.1 Å². The molecule has 0 amide bonds. The first-order valence-corrected chi connectivity index (χ1v) is 8.76. The van der Waals surface area contributed by atoms with Crippen LogP contribution in [0.4, 0.5) is 8.78 Å². The van der Waals surface area contributed by atoms with Crippen LogP contribution in [-0.2, 0) is 17.8 Å². The van der Waals surface area contributed by atoms with Gasteiger partial charge in [-0.05, 0) is 43.5 Å². The summed E-state index contributed by atoms with van der Waals surface area (Å²) < 4.78 is 37.5. The molecule has 5 nitrogen and oxygen atoms in total. The summed E-state index contributed by atoms with van der Waals surface area (Å²) in [5, 5.41) is 6.25. The van der Waals surface area contributed by atoms with Crippen LogP contribution >= 0.6 is 0 Å². The zero-order valence-corrected chi connectivity index (χ0v) is 14.9. The summed E-state index contributed by atoms with van der Waals surface area (Å²) in [5.74, 6) is -0.161. The minimum Gasteiger partial charge on any atom is -0.467 e. The van der Waals surface area contributed by atoms with Crippen molar-refractivity contribution in [1.29, 1.82) is 0 Å². The summed E-state index contributed by atoms with van der Waals surface area (Å²) in [7, 11) is 0. The van der Waals surface area contributed by atoms with Crippen molar-refractivity contribution < 1.29 is 17.9 Å². The van der Waals surface area contributed by atoms with Gasteiger partial charge in [-0.25, -0.2) is 8.78 Å². The number of rotatable bonds is 10. The van der Waals surface area contributed by atoms with Crippen LogP contribution in [0.15, 0.2) is 46.0 Å². The lowest BCUT2D eigenvalue weighted by Crippen LogP contribution is -2.38. The van der Waals surface area contributed by atoms with Crippen molar-refractivity contribution in [2.75, 3.05) is 26.2 Å². The molecule has 0 aliphatic rings. The Morgan fingerprint density at radius 3 is 2.85 bits per heavy atom. The monoisotopic (exact) mass is 365 g/mol. The first kappa shape index (κ1) is 19.9. The highest BCUT2D eigenvalue weighted by Crippen LogP contribution is 2.11. The van der Waals surface area contributed by atoms with Gasteiger partial charge in [-0.2, -0.15) is 0 Å². The zero-order valence-electron chi connectivity index (χ0n) is 14.9. The number of furan rings is 1. The third-order valence-corrected chi connectivity index (χ3v) is 3.60. The number of aliphatic imine (C=N–C) groups is 1. The molecule has 26 heavy (non-hydrogen) atoms. The van der Waals surface area contributed by atoms with E-state index in [2.05, 4.69) is 15.6 Å². The quantitative estimate of drug-likeness (QED) is 0.385. The van der Waals surface area contributed by atoms with Gasteiger partial charge in [0, 0.05) is 26.2 Å². The van der Waals surface area contributed by atoms with Gasteiger partial charge in [-0.1, -0.05) is 12.1 Å². The summed E-state index contributed by atoms with van der Waals surface area (Å²) >= 11 is 0. The molecule has 0 bridgehead atoms. The molecule has 0 radical (unpaired) electrons. The van der Waals surface area contributed by atoms with Gasteiger partial charge in [-0.3, -0.25) is 4.99 Å². The molecule has 0 atom stereocenters. The second-order valence-corrected chi connectivity index (χ2v) is 5.64. The molecule has 1 heterocycles. The van der Waals surface area contributed by atoms with E-state index in [0.29, 0.717) is 44.2 Å². The third-order valence-electron chi connectivity index (χ3n) is 3.60. The Hall–Kier alpha value is -2.41. The molecule has 1 aromatic heterocycles. The van der Waals surface area contributed by atoms with Crippen molar-refractivity contribution in [2.45, 2.75) is 26.4 Å². The standard InChI is InChI=1S/C19H25F2N3O2/c1-2-22-19(23-10-5-12-25-14-16-7-4-13-26-16)24-11-9-15-6-3-8-17(20)18(15)21/h3-4,6-8,13H,2,5,9-12,14H2,1H3,(H2,22,23,24). The van der Waals surface area contributed by atoms with Crippen LogP contribution in [-0.4, -0.2) is 32.2 Å². The molecule has 0 unspecified atom stereocenters. The van der Waals surface area contributed by atoms with Gasteiger partial charge >= 0.3 is 0 Å². The second-order valence-electron chi connectivity index (χ2n) is 5.64. The summed E-state index contributed by atoms with van der Waals surface area (Å²) in [6.07, 6.45) is 2.77. The predicted molar refractivity (Wildman–Crippen MR) is 97.0 cm³/mol. The Labute approximate surface area is 152 Å². The molecule has 2 N–H and O–H groups in total. The Morgan fingerprint density at radius 1 is 1.19 bits per heavy atom. The predicted octanol–water partition coefficient (Wildman–Crippen LogP) is 3.26. The Bertz CT molecular complexity index is 675. The Balaban J connectivity index is 1.67. The van der Waals surface area contributed by atoms with Crippen molar-refractivity contribution in [3.05, 3.63) is 59.6 Å². The van der Waals surface area contributed by atoms with Crippen LogP contribution in [0.2, 0.25) is 0 Å². The average molecular weight is 365 g/mol. The topological polar surface area (TPSA) is 58.8 Å². The molecule has 0 fully saturated rings. The normalized spacial score (nSPS) is 11.6. The van der Waals surface area contributed by atoms with Crippen molar-refractivity contribution in [1.82, 2.24) is 10.6 Å². The molecule has 1 aromatic carbocycles. The summed E-state index contributed by atoms with van der Waals surface area (Å²) in [6.45, 7) is 4.78. The SMILES string of the molecule is CCNC(=NCCCOCc1ccco1)NCCc1cccc(F)c1F. The van der Waals surface area contributed by atoms with E-state index in [0.717, 1.165) is 24.8 Å². The van der Waals surface area contributed by atoms with Crippen LogP contribution in [0, 0.1) is 11.6 Å². The van der Waals surface area contributed by atoms with Gasteiger partial charge in [0.2, 0.25) is 0 Å². The number of nitrogens with zero attached hydrogens (tertiary/aromatic N) is 1. The lowest BCUT2D eigenvalue weighted by molar-refractivity contribution is 0.105. The first-order valence-electron chi connectivity index (χ1n) is 8.76. The van der Waals surface area contributed by atoms with E-state index in [9.17, 15) is 8.78 Å². The van der Waals surface area contributed by atoms with Gasteiger partial charge < -0.3 is 19.8 Å². The molecular weight excluding hydrogens is 340 g/mol. The van der Waals surface area contributed by atoms with Crippen molar-refractivity contribution in [2.24, 2.45) is 4.99 Å². The van der Waals surface area contributed by atoms with Gasteiger partial charge in [0.25, 0.3) is 0 Å². The molecule has 7 heteroatoms. The largest absolute Gasteiger partial charge is 0.467 e. The van der Waals surface area contributed by atoms with Gasteiger partial charge in [0.05, 0.1) is 6.26 Å². The number of nitrogens with one attached hydrogen (secondary N) is 2. The Kier molecular flexibility index (Phi) is 8.62. The van der Waals surface area contributed by atoms with Gasteiger partial charge in [0.15, 0.2) is 17.6 Å². The van der Waals surface area contributed by atoms with Crippen LogP contribution in [0.25, 0.3) is 0 Å². The highest BCUT2D eigenvalue weighted by Gasteiger charge is 2.07. The van der Waals surface area contributed by atoms with Crippen molar-refractivity contribution >= 4 is 5.96 Å². The maximum absolute atomic E-state index is 13.6. The second kappa shape index (κ2) is 11.3. The first-order chi connectivity index (χ1) is 12.7. The van der Waals surface area contributed by atoms with Crippen LogP contribution in [0.5, 0.6) is 0 Å². The highest BCUT2D eigenvalue weighted by molar-refractivity contribution is 5.79. The molecule has 142 valence electrons. The van der Waals surface area contributed by atoms with Gasteiger partial charge in [0.1, 0.15) is 12.4 Å². The molecular formula is C19H25F2N3O2. The number of ether oxygens (including phenoxy) is 1. The lowest BCUT2D eigenvalue weighted by atomic mass is 10.1. The smallest absolute Gasteiger partial charge is 0.191 e. The maximum Gasteiger partial charge on any atom is 0.191 e. The number of benzene rings is 1. The van der Waals surface area contributed by atoms with Crippen LogP contribution in [0.3, 0.4) is 0 Å².